The zero-order valence-corrected chi connectivity index (χ0v) is 24.2. The summed E-state index contributed by atoms with van der Waals surface area (Å²) in [5.74, 6) is 1.03. The molecule has 0 aliphatic carbocycles. The van der Waals surface area contributed by atoms with Crippen LogP contribution in [0.2, 0.25) is 25.7 Å². The Morgan fingerprint density at radius 3 is 2.45 bits per heavy atom. The first kappa shape index (κ1) is 29.3. The average Bonchev–Trinajstić information content (AvgIpc) is 3.21. The summed E-state index contributed by atoms with van der Waals surface area (Å²) in [4.78, 5) is 27.3. The summed E-state index contributed by atoms with van der Waals surface area (Å²) in [5, 5.41) is 6.00. The molecule has 3 rings (SSSR count). The number of alkyl halides is 1. The van der Waals surface area contributed by atoms with Crippen molar-refractivity contribution in [1.29, 1.82) is 0 Å². The lowest BCUT2D eigenvalue weighted by molar-refractivity contribution is 0.0899. The van der Waals surface area contributed by atoms with Crippen LogP contribution in [0, 0.1) is 0 Å². The molecule has 3 heterocycles. The normalized spacial score (nSPS) is 12.6. The molecule has 13 heteroatoms. The van der Waals surface area contributed by atoms with E-state index in [1.165, 1.54) is 20.5 Å². The van der Waals surface area contributed by atoms with Crippen molar-refractivity contribution in [2.75, 3.05) is 53.3 Å². The van der Waals surface area contributed by atoms with Crippen molar-refractivity contribution in [2.24, 2.45) is 0 Å². The van der Waals surface area contributed by atoms with Crippen LogP contribution in [0.1, 0.15) is 0 Å². The van der Waals surface area contributed by atoms with E-state index in [-0.39, 0.29) is 19.8 Å². The van der Waals surface area contributed by atoms with Crippen LogP contribution in [0.4, 0.5) is 15.0 Å². The highest BCUT2D eigenvalue weighted by Gasteiger charge is 2.22. The van der Waals surface area contributed by atoms with E-state index in [1.54, 1.807) is 25.1 Å². The standard InChI is InChI=1S/C25H38FN7O4Si/c1-32(2)13-17(26)12-27-25(34)31-20-9-8-18-19(21-23(35-3)28-15-29-24(21)36-4)14-33(22(18)30-20)16-37-10-11-38(5,6)7/h8-9,14-15,17H,10-13,16H2,1-7H3,(H2,27,30,31,34). The highest BCUT2D eigenvalue weighted by Crippen LogP contribution is 2.40. The number of ether oxygens (including phenoxy) is 3. The van der Waals surface area contributed by atoms with Gasteiger partial charge in [-0.3, -0.25) is 5.32 Å². The summed E-state index contributed by atoms with van der Waals surface area (Å²) in [5.41, 5.74) is 1.91. The minimum Gasteiger partial charge on any atom is -0.480 e. The van der Waals surface area contributed by atoms with Crippen molar-refractivity contribution in [3.8, 4) is 22.9 Å². The SMILES string of the molecule is COc1ncnc(OC)c1-c1cn(COCC[Si](C)(C)C)c2nc(NC(=O)NCC(F)CN(C)C)ccc12. The van der Waals surface area contributed by atoms with E-state index in [0.717, 1.165) is 17.0 Å². The molecule has 0 aromatic carbocycles. The van der Waals surface area contributed by atoms with Crippen LogP contribution < -0.4 is 20.1 Å². The van der Waals surface area contributed by atoms with E-state index in [1.807, 2.05) is 16.8 Å². The quantitative estimate of drug-likeness (QED) is 0.245. The molecule has 3 aromatic heterocycles. The number of amides is 2. The molecule has 0 saturated heterocycles. The first-order valence-electron chi connectivity index (χ1n) is 12.4. The van der Waals surface area contributed by atoms with Crippen molar-refractivity contribution >= 4 is 31.0 Å². The molecule has 3 aromatic rings. The van der Waals surface area contributed by atoms with Gasteiger partial charge in [-0.15, -0.1) is 0 Å². The maximum atomic E-state index is 14.0. The Balaban J connectivity index is 1.92. The molecule has 0 bridgehead atoms. The minimum absolute atomic E-state index is 0.106. The molecule has 1 atom stereocenters. The van der Waals surface area contributed by atoms with E-state index in [9.17, 15) is 9.18 Å². The van der Waals surface area contributed by atoms with Gasteiger partial charge in [0.1, 0.15) is 36.3 Å². The van der Waals surface area contributed by atoms with E-state index >= 15 is 0 Å². The van der Waals surface area contributed by atoms with Gasteiger partial charge in [-0.25, -0.2) is 24.1 Å². The molecule has 1 unspecified atom stereocenters. The van der Waals surface area contributed by atoms with Gasteiger partial charge >= 0.3 is 6.03 Å². The largest absolute Gasteiger partial charge is 0.480 e. The van der Waals surface area contributed by atoms with Crippen molar-refractivity contribution < 1.29 is 23.4 Å². The molecule has 0 aliphatic heterocycles. The lowest BCUT2D eigenvalue weighted by Gasteiger charge is -2.16. The summed E-state index contributed by atoms with van der Waals surface area (Å²) >= 11 is 0. The van der Waals surface area contributed by atoms with Crippen molar-refractivity contribution in [3.05, 3.63) is 24.7 Å². The van der Waals surface area contributed by atoms with Crippen LogP contribution in [0.25, 0.3) is 22.2 Å². The van der Waals surface area contributed by atoms with Crippen LogP contribution in [0.5, 0.6) is 11.8 Å². The Kier molecular flexibility index (Phi) is 10.00. The van der Waals surface area contributed by atoms with Gasteiger partial charge in [-0.2, -0.15) is 0 Å². The number of hydrogen-bond acceptors (Lipinski definition) is 8. The van der Waals surface area contributed by atoms with Crippen molar-refractivity contribution in [3.63, 3.8) is 0 Å². The van der Waals surface area contributed by atoms with Crippen LogP contribution in [0.3, 0.4) is 0 Å². The number of methoxy groups -OCH3 is 2. The number of halogens is 1. The van der Waals surface area contributed by atoms with Crippen molar-refractivity contribution in [2.45, 2.75) is 38.6 Å². The third-order valence-corrected chi connectivity index (χ3v) is 7.38. The topological polar surface area (TPSA) is 116 Å². The number of aromatic nitrogens is 4. The summed E-state index contributed by atoms with van der Waals surface area (Å²) in [7, 11) is 5.35. The monoisotopic (exact) mass is 547 g/mol. The van der Waals surface area contributed by atoms with Crippen LogP contribution >= 0.6 is 0 Å². The highest BCUT2D eigenvalue weighted by molar-refractivity contribution is 6.76. The Bertz CT molecular complexity index is 1210. The van der Waals surface area contributed by atoms with Gasteiger partial charge in [0.2, 0.25) is 11.8 Å². The maximum absolute atomic E-state index is 14.0. The molecule has 0 fully saturated rings. The Labute approximate surface area is 223 Å². The van der Waals surface area contributed by atoms with Crippen LogP contribution in [-0.2, 0) is 11.5 Å². The third-order valence-electron chi connectivity index (χ3n) is 5.67. The number of fused-ring (bicyclic) bond motifs is 1. The first-order valence-corrected chi connectivity index (χ1v) is 16.1. The highest BCUT2D eigenvalue weighted by atomic mass is 28.3. The number of nitrogens with zero attached hydrogens (tertiary/aromatic N) is 5. The number of carbonyl (C=O) groups is 1. The lowest BCUT2D eigenvalue weighted by Crippen LogP contribution is -2.37. The molecule has 0 saturated carbocycles. The number of nitrogens with one attached hydrogen (secondary N) is 2. The number of rotatable bonds is 13. The van der Waals surface area contributed by atoms with Gasteiger partial charge in [0.05, 0.1) is 20.8 Å². The van der Waals surface area contributed by atoms with Gasteiger partial charge in [0.15, 0.2) is 0 Å². The first-order chi connectivity index (χ1) is 18.0. The van der Waals surface area contributed by atoms with Gasteiger partial charge in [-0.1, -0.05) is 19.6 Å². The van der Waals surface area contributed by atoms with E-state index in [4.69, 9.17) is 14.2 Å². The zero-order valence-electron chi connectivity index (χ0n) is 23.2. The fourth-order valence-electron chi connectivity index (χ4n) is 3.79. The maximum Gasteiger partial charge on any atom is 0.320 e. The van der Waals surface area contributed by atoms with E-state index in [0.29, 0.717) is 35.4 Å². The molecule has 11 nitrogen and oxygen atoms in total. The minimum atomic E-state index is -1.26. The lowest BCUT2D eigenvalue weighted by atomic mass is 10.1. The molecule has 2 amide bonds. The molecule has 0 aliphatic rings. The Morgan fingerprint density at radius 2 is 1.84 bits per heavy atom. The van der Waals surface area contributed by atoms with Crippen LogP contribution in [-0.4, -0.2) is 92.7 Å². The zero-order chi connectivity index (χ0) is 27.9. The summed E-state index contributed by atoms with van der Waals surface area (Å²) in [6.07, 6.45) is 2.07. The second kappa shape index (κ2) is 13.0. The third kappa shape index (κ3) is 7.85. The fraction of sp³-hybridized carbons (Fsp3) is 0.520. The summed E-state index contributed by atoms with van der Waals surface area (Å²) in [6, 6.07) is 4.00. The number of pyridine rings is 1. The van der Waals surface area contributed by atoms with E-state index in [2.05, 4.69) is 45.2 Å². The fourth-order valence-corrected chi connectivity index (χ4v) is 4.55. The van der Waals surface area contributed by atoms with Gasteiger partial charge in [0.25, 0.3) is 0 Å². The van der Waals surface area contributed by atoms with Gasteiger partial charge in [-0.05, 0) is 32.3 Å². The number of carbonyl (C=O) groups excluding carboxylic acids is 1. The molecule has 0 spiro atoms. The molecule has 38 heavy (non-hydrogen) atoms. The number of anilines is 1. The smallest absolute Gasteiger partial charge is 0.320 e. The average molecular weight is 548 g/mol. The molecular formula is C25H38FN7O4Si. The van der Waals surface area contributed by atoms with Crippen LogP contribution in [0.15, 0.2) is 24.7 Å². The molecule has 0 radical (unpaired) electrons. The molecule has 2 N–H and O–H groups in total. The second-order valence-corrected chi connectivity index (χ2v) is 16.0. The molecule has 208 valence electrons. The Morgan fingerprint density at radius 1 is 1.16 bits per heavy atom. The second-order valence-electron chi connectivity index (χ2n) is 10.4. The van der Waals surface area contributed by atoms with E-state index < -0.39 is 20.3 Å². The number of hydrogen-bond donors (Lipinski definition) is 2. The molecular weight excluding hydrogens is 509 g/mol. The van der Waals surface area contributed by atoms with Gasteiger partial charge < -0.3 is 29.0 Å². The summed E-state index contributed by atoms with van der Waals surface area (Å²) < 4.78 is 32.8. The van der Waals surface area contributed by atoms with Gasteiger partial charge in [0, 0.05) is 38.4 Å². The summed E-state index contributed by atoms with van der Waals surface area (Å²) in [6.45, 7) is 7.89. The van der Waals surface area contributed by atoms with Crippen molar-refractivity contribution in [1.82, 2.24) is 29.7 Å². The predicted molar refractivity (Wildman–Crippen MR) is 148 cm³/mol. The Hall–Kier alpha value is -3.29. The predicted octanol–water partition coefficient (Wildman–Crippen LogP) is 3.84. The number of urea groups is 1.